The van der Waals surface area contributed by atoms with Crippen LogP contribution in [0.2, 0.25) is 0 Å². The predicted octanol–water partition coefficient (Wildman–Crippen LogP) is 1.06. The van der Waals surface area contributed by atoms with E-state index < -0.39 is 0 Å². The van der Waals surface area contributed by atoms with Gasteiger partial charge in [-0.25, -0.2) is 0 Å². The second kappa shape index (κ2) is 5.77. The van der Waals surface area contributed by atoms with Crippen LogP contribution < -0.4 is 5.73 Å². The summed E-state index contributed by atoms with van der Waals surface area (Å²) >= 11 is 2.16. The van der Waals surface area contributed by atoms with Crippen LogP contribution in [0.1, 0.15) is 20.8 Å². The van der Waals surface area contributed by atoms with E-state index in [0.717, 1.165) is 0 Å². The lowest BCUT2D eigenvalue weighted by atomic mass is 10.3. The van der Waals surface area contributed by atoms with Crippen molar-refractivity contribution >= 4 is 28.6 Å². The molecule has 0 radical (unpaired) electrons. The lowest BCUT2D eigenvalue weighted by Gasteiger charge is -2.21. The van der Waals surface area contributed by atoms with Crippen LogP contribution in [0.3, 0.4) is 0 Å². The third-order valence-electron chi connectivity index (χ3n) is 1.21. The molecule has 0 amide bonds. The van der Waals surface area contributed by atoms with Crippen LogP contribution >= 0.6 is 22.6 Å². The highest BCUT2D eigenvalue weighted by Gasteiger charge is 2.17. The van der Waals surface area contributed by atoms with E-state index in [0.29, 0.717) is 6.61 Å². The number of hydrogen-bond donors (Lipinski definition) is 1. The lowest BCUT2D eigenvalue weighted by molar-refractivity contribution is -0.149. The van der Waals surface area contributed by atoms with E-state index in [9.17, 15) is 4.79 Å². The minimum atomic E-state index is -0.341. The minimum Gasteiger partial charge on any atom is -0.459 e. The van der Waals surface area contributed by atoms with Gasteiger partial charge < -0.3 is 15.2 Å². The molecule has 0 spiro atoms. The number of carbonyl (C=O) groups is 1. The molecule has 0 fully saturated rings. The summed E-state index contributed by atoms with van der Waals surface area (Å²) in [6.45, 7) is 5.83. The molecule has 4 nitrogen and oxygen atoms in total. The summed E-state index contributed by atoms with van der Waals surface area (Å²) in [5, 5.41) is 0. The van der Waals surface area contributed by atoms with E-state index in [1.54, 1.807) is 0 Å². The van der Waals surface area contributed by atoms with Gasteiger partial charge in [0.2, 0.25) is 0 Å². The van der Waals surface area contributed by atoms with E-state index in [-0.39, 0.29) is 22.2 Å². The summed E-state index contributed by atoms with van der Waals surface area (Å²) in [4.78, 5) is 10.6. The molecule has 1 unspecified atom stereocenters. The summed E-state index contributed by atoms with van der Waals surface area (Å²) in [7, 11) is 0. The number of rotatable bonds is 5. The number of halogens is 1. The van der Waals surface area contributed by atoms with Gasteiger partial charge in [0.1, 0.15) is 9.71 Å². The number of ether oxygens (including phenoxy) is 2. The van der Waals surface area contributed by atoms with Crippen LogP contribution in [0, 0.1) is 0 Å². The average molecular weight is 301 g/mol. The smallest absolute Gasteiger partial charge is 0.303 e. The highest BCUT2D eigenvalue weighted by atomic mass is 127. The molecular formula is C8H16INO3. The van der Waals surface area contributed by atoms with Crippen molar-refractivity contribution in [3.8, 4) is 0 Å². The summed E-state index contributed by atoms with van der Waals surface area (Å²) in [5.74, 6) is -0.328. The molecule has 78 valence electrons. The summed E-state index contributed by atoms with van der Waals surface area (Å²) < 4.78 is 10.1. The van der Waals surface area contributed by atoms with Crippen LogP contribution in [-0.4, -0.2) is 28.8 Å². The molecule has 0 aromatic carbocycles. The second-order valence-electron chi connectivity index (χ2n) is 3.14. The maximum absolute atomic E-state index is 10.6. The summed E-state index contributed by atoms with van der Waals surface area (Å²) in [5.41, 5.74) is 5.39. The third kappa shape index (κ3) is 8.45. The molecular weight excluding hydrogens is 285 g/mol. The topological polar surface area (TPSA) is 61.5 Å². The first-order chi connectivity index (χ1) is 5.85. The van der Waals surface area contributed by atoms with E-state index in [4.69, 9.17) is 15.2 Å². The van der Waals surface area contributed by atoms with Crippen LogP contribution in [-0.2, 0) is 14.3 Å². The third-order valence-corrected chi connectivity index (χ3v) is 1.52. The summed E-state index contributed by atoms with van der Waals surface area (Å²) in [6.07, 6.45) is -0.341. The number of carbonyl (C=O) groups excluding carboxylic acids is 1. The zero-order chi connectivity index (χ0) is 10.5. The van der Waals surface area contributed by atoms with Crippen molar-refractivity contribution in [1.82, 2.24) is 0 Å². The monoisotopic (exact) mass is 301 g/mol. The molecule has 0 saturated heterocycles. The molecule has 0 rings (SSSR count). The van der Waals surface area contributed by atoms with Gasteiger partial charge in [0, 0.05) is 13.5 Å². The fourth-order valence-electron chi connectivity index (χ4n) is 0.676. The Kier molecular flexibility index (Phi) is 5.82. The fourth-order valence-corrected chi connectivity index (χ4v) is 0.856. The Balaban J connectivity index is 3.79. The molecule has 0 heterocycles. The first-order valence-electron chi connectivity index (χ1n) is 4.05. The average Bonchev–Trinajstić information content (AvgIpc) is 1.95. The predicted molar refractivity (Wildman–Crippen MR) is 58.7 cm³/mol. The van der Waals surface area contributed by atoms with Crippen molar-refractivity contribution in [3.63, 3.8) is 0 Å². The van der Waals surface area contributed by atoms with E-state index >= 15 is 0 Å². The Morgan fingerprint density at radius 1 is 1.62 bits per heavy atom. The van der Waals surface area contributed by atoms with Crippen molar-refractivity contribution in [2.24, 2.45) is 5.73 Å². The van der Waals surface area contributed by atoms with Crippen LogP contribution in [0.5, 0.6) is 0 Å². The molecule has 5 heteroatoms. The largest absolute Gasteiger partial charge is 0.459 e. The van der Waals surface area contributed by atoms with E-state index in [1.165, 1.54) is 6.92 Å². The van der Waals surface area contributed by atoms with Gasteiger partial charge in [0.05, 0.1) is 6.61 Å². The van der Waals surface area contributed by atoms with Gasteiger partial charge >= 0.3 is 5.97 Å². The molecule has 2 N–H and O–H groups in total. The molecule has 0 saturated carbocycles. The van der Waals surface area contributed by atoms with Gasteiger partial charge in [-0.1, -0.05) is 0 Å². The Hall–Kier alpha value is 0.120. The van der Waals surface area contributed by atoms with Gasteiger partial charge in [0.15, 0.2) is 0 Å². The number of alkyl halides is 1. The van der Waals surface area contributed by atoms with Crippen molar-refractivity contribution in [2.45, 2.75) is 30.5 Å². The molecule has 0 bridgehead atoms. The second-order valence-corrected chi connectivity index (χ2v) is 5.74. The minimum absolute atomic E-state index is 0.259. The van der Waals surface area contributed by atoms with E-state index in [2.05, 4.69) is 22.6 Å². The molecule has 0 aliphatic heterocycles. The fraction of sp³-hybridized carbons (Fsp3) is 0.875. The first-order valence-corrected chi connectivity index (χ1v) is 5.13. The molecule has 13 heavy (non-hydrogen) atoms. The Labute approximate surface area is 92.3 Å². The van der Waals surface area contributed by atoms with Gasteiger partial charge in [0.25, 0.3) is 0 Å². The zero-order valence-electron chi connectivity index (χ0n) is 8.17. The zero-order valence-corrected chi connectivity index (χ0v) is 10.3. The molecule has 0 aromatic rings. The molecule has 0 aromatic heterocycles. The van der Waals surface area contributed by atoms with Gasteiger partial charge in [-0.3, -0.25) is 4.79 Å². The highest BCUT2D eigenvalue weighted by molar-refractivity contribution is 14.1. The summed E-state index contributed by atoms with van der Waals surface area (Å²) in [6, 6.07) is 0. The van der Waals surface area contributed by atoms with Gasteiger partial charge in [-0.2, -0.15) is 0 Å². The van der Waals surface area contributed by atoms with Gasteiger partial charge in [-0.05, 0) is 36.4 Å². The Bertz CT molecular complexity index is 167. The Morgan fingerprint density at radius 3 is 2.46 bits per heavy atom. The Morgan fingerprint density at radius 2 is 2.15 bits per heavy atom. The van der Waals surface area contributed by atoms with Crippen molar-refractivity contribution in [2.75, 3.05) is 13.2 Å². The van der Waals surface area contributed by atoms with Crippen molar-refractivity contribution in [1.29, 1.82) is 0 Å². The van der Waals surface area contributed by atoms with E-state index in [1.807, 2.05) is 13.8 Å². The van der Waals surface area contributed by atoms with Crippen molar-refractivity contribution < 1.29 is 14.3 Å². The van der Waals surface area contributed by atoms with Gasteiger partial charge in [-0.15, -0.1) is 0 Å². The normalized spacial score (nSPS) is 13.9. The van der Waals surface area contributed by atoms with Crippen LogP contribution in [0.25, 0.3) is 0 Å². The maximum atomic E-state index is 10.6. The SMILES string of the molecule is CC(=O)OC(CN)COC(C)(C)I. The van der Waals surface area contributed by atoms with Crippen LogP contribution in [0.4, 0.5) is 0 Å². The first kappa shape index (κ1) is 13.1. The molecule has 1 atom stereocenters. The lowest BCUT2D eigenvalue weighted by Crippen LogP contribution is -2.33. The number of esters is 1. The van der Waals surface area contributed by atoms with Crippen LogP contribution in [0.15, 0.2) is 0 Å². The standard InChI is InChI=1S/C8H16INO3/c1-6(11)13-7(4-10)5-12-8(2,3)9/h7H,4-5,10H2,1-3H3. The quantitative estimate of drug-likeness (QED) is 0.469. The van der Waals surface area contributed by atoms with Crippen molar-refractivity contribution in [3.05, 3.63) is 0 Å². The maximum Gasteiger partial charge on any atom is 0.303 e. The molecule has 0 aliphatic rings. The number of hydrogen-bond acceptors (Lipinski definition) is 4. The number of nitrogens with two attached hydrogens (primary N) is 1. The molecule has 0 aliphatic carbocycles. The highest BCUT2D eigenvalue weighted by Crippen LogP contribution is 2.18.